The van der Waals surface area contributed by atoms with Gasteiger partial charge in [0.05, 0.1) is 11.6 Å². The van der Waals surface area contributed by atoms with Crippen molar-refractivity contribution >= 4 is 29.4 Å². The molecular formula is C28H33F3N8O. The van der Waals surface area contributed by atoms with E-state index in [9.17, 15) is 18.0 Å². The van der Waals surface area contributed by atoms with E-state index < -0.39 is 23.7 Å². The molecule has 2 aromatic carbocycles. The van der Waals surface area contributed by atoms with Crippen molar-refractivity contribution in [2.75, 3.05) is 61.9 Å². The summed E-state index contributed by atoms with van der Waals surface area (Å²) in [4.78, 5) is 33.6. The fraction of sp³-hybridized carbons (Fsp3) is 0.429. The van der Waals surface area contributed by atoms with Gasteiger partial charge in [-0.1, -0.05) is 18.2 Å². The standard InChI is InChI=1S/C28H33F3N8O/c1-18(21-8-4-5-9-22(21)28(29,30)31)33-24(40)20-10-11-23-19(17-20)7-6-12-39(23)27-35-25(32-2)34-26(36-27)38-15-13-37(3)14-16-38/h4-5,8-11,17-18H,6-7,12-16H2,1-3H3,(H,33,40)(H,32,34,35,36). The minimum Gasteiger partial charge on any atom is -0.357 e. The van der Waals surface area contributed by atoms with Gasteiger partial charge in [0.1, 0.15) is 0 Å². The third kappa shape index (κ3) is 5.81. The maximum absolute atomic E-state index is 13.5. The molecule has 3 aromatic rings. The summed E-state index contributed by atoms with van der Waals surface area (Å²) in [5, 5.41) is 5.77. The van der Waals surface area contributed by atoms with Crippen LogP contribution in [0.4, 0.5) is 36.7 Å². The van der Waals surface area contributed by atoms with Gasteiger partial charge in [-0.2, -0.15) is 28.1 Å². The van der Waals surface area contributed by atoms with Crippen molar-refractivity contribution in [3.8, 4) is 0 Å². The molecule has 2 N–H and O–H groups in total. The molecule has 5 rings (SSSR count). The Hall–Kier alpha value is -3.93. The molecule has 3 heterocycles. The molecule has 40 heavy (non-hydrogen) atoms. The van der Waals surface area contributed by atoms with Crippen LogP contribution >= 0.6 is 0 Å². The topological polar surface area (TPSA) is 89.5 Å². The van der Waals surface area contributed by atoms with Crippen molar-refractivity contribution in [2.45, 2.75) is 32.0 Å². The number of alkyl halides is 3. The van der Waals surface area contributed by atoms with Gasteiger partial charge in [0, 0.05) is 51.0 Å². The summed E-state index contributed by atoms with van der Waals surface area (Å²) in [5.74, 6) is 1.21. The van der Waals surface area contributed by atoms with Crippen molar-refractivity contribution in [2.24, 2.45) is 0 Å². The molecule has 1 unspecified atom stereocenters. The number of amides is 1. The second-order valence-electron chi connectivity index (χ2n) is 10.2. The molecule has 0 bridgehead atoms. The van der Waals surface area contributed by atoms with E-state index in [0.29, 0.717) is 30.0 Å². The smallest absolute Gasteiger partial charge is 0.357 e. The number of hydrogen-bond donors (Lipinski definition) is 2. The van der Waals surface area contributed by atoms with Gasteiger partial charge in [0.2, 0.25) is 17.8 Å². The molecule has 2 aliphatic rings. The number of carbonyl (C=O) groups is 1. The third-order valence-corrected chi connectivity index (χ3v) is 7.40. The van der Waals surface area contributed by atoms with Crippen LogP contribution in [0.2, 0.25) is 0 Å². The molecule has 1 amide bonds. The third-order valence-electron chi connectivity index (χ3n) is 7.40. The summed E-state index contributed by atoms with van der Waals surface area (Å²) in [7, 11) is 3.87. The number of anilines is 4. The number of carbonyl (C=O) groups excluding carboxylic acids is 1. The fourth-order valence-electron chi connectivity index (χ4n) is 5.17. The molecule has 0 aliphatic carbocycles. The van der Waals surface area contributed by atoms with Crippen molar-refractivity contribution < 1.29 is 18.0 Å². The van der Waals surface area contributed by atoms with Crippen LogP contribution in [-0.2, 0) is 12.6 Å². The Balaban J connectivity index is 1.38. The number of rotatable bonds is 6. The van der Waals surface area contributed by atoms with Crippen molar-refractivity contribution in [1.29, 1.82) is 0 Å². The minimum atomic E-state index is -4.50. The van der Waals surface area contributed by atoms with Gasteiger partial charge in [-0.05, 0) is 62.2 Å². The average molecular weight is 555 g/mol. The van der Waals surface area contributed by atoms with Gasteiger partial charge in [0.25, 0.3) is 5.91 Å². The maximum Gasteiger partial charge on any atom is 0.416 e. The van der Waals surface area contributed by atoms with Gasteiger partial charge in [-0.3, -0.25) is 4.79 Å². The first-order chi connectivity index (χ1) is 19.1. The highest BCUT2D eigenvalue weighted by Crippen LogP contribution is 2.36. The number of piperazine rings is 1. The number of aromatic nitrogens is 3. The second kappa shape index (κ2) is 11.3. The average Bonchev–Trinajstić information content (AvgIpc) is 2.96. The number of aryl methyl sites for hydroxylation is 1. The number of benzene rings is 2. The zero-order valence-electron chi connectivity index (χ0n) is 22.8. The van der Waals surface area contributed by atoms with Gasteiger partial charge in [-0.25, -0.2) is 0 Å². The van der Waals surface area contributed by atoms with E-state index >= 15 is 0 Å². The van der Waals surface area contributed by atoms with E-state index in [1.165, 1.54) is 18.2 Å². The summed E-state index contributed by atoms with van der Waals surface area (Å²) >= 11 is 0. The Kier molecular flexibility index (Phi) is 7.79. The molecule has 1 atom stereocenters. The Morgan fingerprint density at radius 3 is 2.42 bits per heavy atom. The molecule has 9 nitrogen and oxygen atoms in total. The van der Waals surface area contributed by atoms with Crippen LogP contribution in [0.3, 0.4) is 0 Å². The predicted molar refractivity (Wildman–Crippen MR) is 148 cm³/mol. The second-order valence-corrected chi connectivity index (χ2v) is 10.2. The number of likely N-dealkylation sites (N-methyl/N-ethyl adjacent to an activating group) is 1. The summed E-state index contributed by atoms with van der Waals surface area (Å²) in [6.45, 7) is 5.76. The Labute approximate surface area is 231 Å². The van der Waals surface area contributed by atoms with Gasteiger partial charge in [0.15, 0.2) is 0 Å². The highest BCUT2D eigenvalue weighted by atomic mass is 19.4. The van der Waals surface area contributed by atoms with Crippen LogP contribution in [0.1, 0.15) is 46.4 Å². The molecule has 1 aromatic heterocycles. The van der Waals surface area contributed by atoms with Crippen molar-refractivity contribution in [1.82, 2.24) is 25.2 Å². The van der Waals surface area contributed by atoms with E-state index in [1.54, 1.807) is 26.1 Å². The lowest BCUT2D eigenvalue weighted by atomic mass is 9.98. The highest BCUT2D eigenvalue weighted by Gasteiger charge is 2.34. The van der Waals surface area contributed by atoms with Gasteiger partial charge in [-0.15, -0.1) is 0 Å². The van der Waals surface area contributed by atoms with Gasteiger partial charge < -0.3 is 25.3 Å². The van der Waals surface area contributed by atoms with E-state index in [1.807, 2.05) is 11.0 Å². The summed E-state index contributed by atoms with van der Waals surface area (Å²) in [6.07, 6.45) is -2.91. The Morgan fingerprint density at radius 1 is 0.975 bits per heavy atom. The first-order valence-corrected chi connectivity index (χ1v) is 13.4. The minimum absolute atomic E-state index is 0.0267. The number of hydrogen-bond acceptors (Lipinski definition) is 8. The SMILES string of the molecule is CNc1nc(N2CCN(C)CC2)nc(N2CCCc3cc(C(=O)NC(C)c4ccccc4C(F)(F)F)ccc32)n1. The lowest BCUT2D eigenvalue weighted by molar-refractivity contribution is -0.138. The normalized spacial score (nSPS) is 16.9. The predicted octanol–water partition coefficient (Wildman–Crippen LogP) is 4.26. The van der Waals surface area contributed by atoms with Crippen LogP contribution in [0.5, 0.6) is 0 Å². The quantitative estimate of drug-likeness (QED) is 0.468. The van der Waals surface area contributed by atoms with Crippen molar-refractivity contribution in [3.05, 3.63) is 64.7 Å². The lowest BCUT2D eigenvalue weighted by Crippen LogP contribution is -2.45. The molecule has 1 fully saturated rings. The van der Waals surface area contributed by atoms with Crippen LogP contribution in [0.15, 0.2) is 42.5 Å². The van der Waals surface area contributed by atoms with E-state index in [2.05, 4.69) is 37.4 Å². The van der Waals surface area contributed by atoms with Crippen LogP contribution in [0, 0.1) is 0 Å². The summed E-state index contributed by atoms with van der Waals surface area (Å²) in [5.41, 5.74) is 1.52. The summed E-state index contributed by atoms with van der Waals surface area (Å²) in [6, 6.07) is 9.83. The molecule has 0 radical (unpaired) electrons. The van der Waals surface area contributed by atoms with Crippen LogP contribution < -0.4 is 20.4 Å². The molecule has 0 saturated carbocycles. The number of halogens is 3. The fourth-order valence-corrected chi connectivity index (χ4v) is 5.17. The Bertz CT molecular complexity index is 1370. The Morgan fingerprint density at radius 2 is 1.70 bits per heavy atom. The van der Waals surface area contributed by atoms with Gasteiger partial charge >= 0.3 is 6.18 Å². The zero-order chi connectivity index (χ0) is 28.4. The lowest BCUT2D eigenvalue weighted by Gasteiger charge is -2.34. The molecule has 2 aliphatic heterocycles. The van der Waals surface area contributed by atoms with Crippen LogP contribution in [-0.4, -0.2) is 72.6 Å². The van der Waals surface area contributed by atoms with E-state index in [-0.39, 0.29) is 5.56 Å². The number of fused-ring (bicyclic) bond motifs is 1. The van der Waals surface area contributed by atoms with E-state index in [4.69, 9.17) is 4.98 Å². The van der Waals surface area contributed by atoms with E-state index in [0.717, 1.165) is 56.3 Å². The monoisotopic (exact) mass is 554 g/mol. The number of nitrogens with zero attached hydrogens (tertiary/aromatic N) is 6. The first kappa shape index (κ1) is 27.6. The van der Waals surface area contributed by atoms with Crippen LogP contribution in [0.25, 0.3) is 0 Å². The molecule has 0 spiro atoms. The summed E-state index contributed by atoms with van der Waals surface area (Å²) < 4.78 is 40.5. The molecular weight excluding hydrogens is 521 g/mol. The largest absolute Gasteiger partial charge is 0.416 e. The first-order valence-electron chi connectivity index (χ1n) is 13.4. The molecule has 1 saturated heterocycles. The zero-order valence-corrected chi connectivity index (χ0v) is 22.8. The number of nitrogens with one attached hydrogen (secondary N) is 2. The maximum atomic E-state index is 13.5. The molecule has 212 valence electrons. The highest BCUT2D eigenvalue weighted by molar-refractivity contribution is 5.95. The molecule has 12 heteroatoms. The van der Waals surface area contributed by atoms with Crippen molar-refractivity contribution in [3.63, 3.8) is 0 Å².